The molecule has 0 fully saturated rings. The molecule has 0 saturated carbocycles. The highest BCUT2D eigenvalue weighted by molar-refractivity contribution is 7.38. The maximum absolute atomic E-state index is 7.23. The zero-order chi connectivity index (χ0) is 11.7. The molecule has 0 amide bonds. The second-order valence-corrected chi connectivity index (χ2v) is 2.03. The molecule has 0 spiro atoms. The van der Waals surface area contributed by atoms with Crippen molar-refractivity contribution in [1.29, 1.82) is 0 Å². The fourth-order valence-corrected chi connectivity index (χ4v) is 0. The van der Waals surface area contributed by atoms with Crippen molar-refractivity contribution in [3.05, 3.63) is 38.0 Å². The minimum atomic E-state index is -2.62. The second kappa shape index (κ2) is 41.8. The minimum absolute atomic E-state index is 1.75. The van der Waals surface area contributed by atoms with Crippen LogP contribution in [0.5, 0.6) is 0 Å². The van der Waals surface area contributed by atoms with Gasteiger partial charge in [-0.2, -0.15) is 0 Å². The third kappa shape index (κ3) is 4740. The first-order valence-electron chi connectivity index (χ1n) is 3.56. The molecule has 0 aromatic rings. The summed E-state index contributed by atoms with van der Waals surface area (Å²) in [6.45, 7) is 15.8. The zero-order valence-corrected chi connectivity index (χ0v) is 9.54. The Morgan fingerprint density at radius 2 is 0.769 bits per heavy atom. The summed E-state index contributed by atoms with van der Waals surface area (Å²) in [5.74, 6) is 0. The van der Waals surface area contributed by atoms with Crippen LogP contribution in [0.4, 0.5) is 0 Å². The molecule has 4 heteroatoms. The largest absolute Gasteiger partial charge is 0.328 e. The predicted molar refractivity (Wildman–Crippen MR) is 61.2 cm³/mol. The van der Waals surface area contributed by atoms with Gasteiger partial charge >= 0.3 is 8.60 Å². The Hall–Kier alpha value is -0.470. The summed E-state index contributed by atoms with van der Waals surface area (Å²) in [5.41, 5.74) is 0. The lowest BCUT2D eigenvalue weighted by atomic mass is 10.8. The molecule has 0 aliphatic heterocycles. The molecule has 13 heavy (non-hydrogen) atoms. The van der Waals surface area contributed by atoms with Gasteiger partial charge in [-0.15, -0.1) is 19.7 Å². The van der Waals surface area contributed by atoms with Gasteiger partial charge in [-0.3, -0.25) is 0 Å². The Morgan fingerprint density at radius 1 is 0.769 bits per heavy atom. The van der Waals surface area contributed by atoms with Gasteiger partial charge in [0, 0.05) is 0 Å². The maximum Gasteiger partial charge on any atom is 0.324 e. The van der Waals surface area contributed by atoms with Gasteiger partial charge in [0.05, 0.1) is 0 Å². The van der Waals surface area contributed by atoms with Crippen LogP contribution in [0.25, 0.3) is 0 Å². The fraction of sp³-hybridized carbons (Fsp3) is 0.333. The molecule has 0 atom stereocenters. The van der Waals surface area contributed by atoms with E-state index in [1.807, 2.05) is 20.8 Å². The SMILES string of the molecule is C=CC.C=CC.C=CC.OP(O)O. The highest BCUT2D eigenvalue weighted by Crippen LogP contribution is 2.11. The van der Waals surface area contributed by atoms with Gasteiger partial charge in [-0.25, -0.2) is 0 Å². The lowest BCUT2D eigenvalue weighted by Crippen LogP contribution is -1.54. The van der Waals surface area contributed by atoms with Crippen LogP contribution in [0.1, 0.15) is 20.8 Å². The van der Waals surface area contributed by atoms with Crippen molar-refractivity contribution in [2.75, 3.05) is 0 Å². The molecule has 0 aromatic heterocycles. The average Bonchev–Trinajstić information content (AvgIpc) is 1.88. The second-order valence-electron chi connectivity index (χ2n) is 1.49. The molecule has 0 unspecified atom stereocenters. The van der Waals surface area contributed by atoms with Crippen LogP contribution in [0.2, 0.25) is 0 Å². The van der Waals surface area contributed by atoms with E-state index in [0.717, 1.165) is 0 Å². The fourth-order valence-electron chi connectivity index (χ4n) is 0. The van der Waals surface area contributed by atoms with Crippen molar-refractivity contribution in [1.82, 2.24) is 0 Å². The number of rotatable bonds is 0. The minimum Gasteiger partial charge on any atom is -0.328 e. The van der Waals surface area contributed by atoms with Crippen LogP contribution in [0.15, 0.2) is 38.0 Å². The van der Waals surface area contributed by atoms with E-state index in [-0.39, 0.29) is 0 Å². The molecule has 0 saturated heterocycles. The van der Waals surface area contributed by atoms with E-state index < -0.39 is 8.60 Å². The first-order valence-corrected chi connectivity index (χ1v) is 4.76. The summed E-state index contributed by atoms with van der Waals surface area (Å²) in [4.78, 5) is 21.7. The van der Waals surface area contributed by atoms with Crippen LogP contribution in [-0.2, 0) is 0 Å². The first kappa shape index (κ1) is 22.9. The van der Waals surface area contributed by atoms with Crippen molar-refractivity contribution >= 4 is 8.60 Å². The van der Waals surface area contributed by atoms with Crippen LogP contribution < -0.4 is 0 Å². The molecule has 0 aliphatic carbocycles. The van der Waals surface area contributed by atoms with E-state index in [9.17, 15) is 0 Å². The van der Waals surface area contributed by atoms with E-state index in [0.29, 0.717) is 0 Å². The van der Waals surface area contributed by atoms with Crippen LogP contribution in [-0.4, -0.2) is 14.7 Å². The Kier molecular flexibility index (Phi) is 73.6. The van der Waals surface area contributed by atoms with Crippen LogP contribution >= 0.6 is 8.60 Å². The van der Waals surface area contributed by atoms with Crippen LogP contribution in [0, 0.1) is 0 Å². The van der Waals surface area contributed by atoms with Gasteiger partial charge in [-0.05, 0) is 20.8 Å². The Labute approximate surface area is 82.7 Å². The van der Waals surface area contributed by atoms with Gasteiger partial charge in [0.25, 0.3) is 0 Å². The predicted octanol–water partition coefficient (Wildman–Crippen LogP) is 2.77. The highest BCUT2D eigenvalue weighted by atomic mass is 31.2. The molecule has 0 aliphatic rings. The van der Waals surface area contributed by atoms with Crippen LogP contribution in [0.3, 0.4) is 0 Å². The third-order valence-corrected chi connectivity index (χ3v) is 0. The van der Waals surface area contributed by atoms with Gasteiger partial charge in [0.2, 0.25) is 0 Å². The molecule has 80 valence electrons. The van der Waals surface area contributed by atoms with E-state index in [1.54, 1.807) is 18.2 Å². The summed E-state index contributed by atoms with van der Waals surface area (Å²) in [6.07, 6.45) is 5.25. The molecule has 3 nitrogen and oxygen atoms in total. The Bertz CT molecular complexity index is 75.8. The summed E-state index contributed by atoms with van der Waals surface area (Å²) in [6, 6.07) is 0. The van der Waals surface area contributed by atoms with E-state index in [2.05, 4.69) is 19.7 Å². The quantitative estimate of drug-likeness (QED) is 0.423. The summed E-state index contributed by atoms with van der Waals surface area (Å²) >= 11 is 0. The van der Waals surface area contributed by atoms with Gasteiger partial charge in [0.1, 0.15) is 0 Å². The van der Waals surface area contributed by atoms with Gasteiger partial charge < -0.3 is 14.7 Å². The topological polar surface area (TPSA) is 60.7 Å². The van der Waals surface area contributed by atoms with E-state index in [4.69, 9.17) is 14.7 Å². The molecule has 0 bridgehead atoms. The Balaban J connectivity index is -0.0000000420. The smallest absolute Gasteiger partial charge is 0.324 e. The standard InChI is InChI=1S/3C3H6.H3O3P/c3*1-3-2;1-4(2)3/h3*3H,1H2,2H3;1-3H. The molecule has 0 radical (unpaired) electrons. The molecular weight excluding hydrogens is 187 g/mol. The van der Waals surface area contributed by atoms with Gasteiger partial charge in [0.15, 0.2) is 0 Å². The molecule has 0 rings (SSSR count). The monoisotopic (exact) mass is 208 g/mol. The van der Waals surface area contributed by atoms with E-state index in [1.165, 1.54) is 0 Å². The molecule has 0 heterocycles. The van der Waals surface area contributed by atoms with Crippen molar-refractivity contribution in [3.8, 4) is 0 Å². The van der Waals surface area contributed by atoms with Crippen molar-refractivity contribution < 1.29 is 14.7 Å². The molecule has 3 N–H and O–H groups in total. The Morgan fingerprint density at radius 3 is 0.769 bits per heavy atom. The number of hydrogen-bond donors (Lipinski definition) is 3. The van der Waals surface area contributed by atoms with E-state index >= 15 is 0 Å². The number of allylic oxidation sites excluding steroid dienone is 3. The lowest BCUT2D eigenvalue weighted by Gasteiger charge is -1.76. The van der Waals surface area contributed by atoms with Crippen molar-refractivity contribution in [2.24, 2.45) is 0 Å². The summed E-state index contributed by atoms with van der Waals surface area (Å²) in [7, 11) is -2.62. The van der Waals surface area contributed by atoms with Crippen molar-refractivity contribution in [2.45, 2.75) is 20.8 Å². The van der Waals surface area contributed by atoms with Crippen molar-refractivity contribution in [3.63, 3.8) is 0 Å². The highest BCUT2D eigenvalue weighted by Gasteiger charge is 1.76. The lowest BCUT2D eigenvalue weighted by molar-refractivity contribution is 0.368. The first-order chi connectivity index (χ1) is 5.97. The third-order valence-electron chi connectivity index (χ3n) is 0. The maximum atomic E-state index is 7.23. The summed E-state index contributed by atoms with van der Waals surface area (Å²) in [5, 5.41) is 0. The normalized spacial score (nSPS) is 5.77. The zero-order valence-electron chi connectivity index (χ0n) is 8.64. The molecular formula is C9H21O3P. The van der Waals surface area contributed by atoms with Gasteiger partial charge in [-0.1, -0.05) is 18.2 Å². The summed E-state index contributed by atoms with van der Waals surface area (Å²) < 4.78 is 0. The number of hydrogen-bond acceptors (Lipinski definition) is 3. The average molecular weight is 208 g/mol. The molecule has 0 aromatic carbocycles.